The SMILES string of the molecule is Cc1c(Cl)cccc1NCCNC1CC1. The van der Waals surface area contributed by atoms with Crippen LogP contribution in [0.3, 0.4) is 0 Å². The van der Waals surface area contributed by atoms with Gasteiger partial charge in [0.25, 0.3) is 0 Å². The van der Waals surface area contributed by atoms with Crippen molar-refractivity contribution in [1.82, 2.24) is 5.32 Å². The number of nitrogens with one attached hydrogen (secondary N) is 2. The molecular weight excluding hydrogens is 208 g/mol. The highest BCUT2D eigenvalue weighted by atomic mass is 35.5. The maximum absolute atomic E-state index is 6.03. The van der Waals surface area contributed by atoms with Crippen LogP contribution in [-0.2, 0) is 0 Å². The summed E-state index contributed by atoms with van der Waals surface area (Å²) in [4.78, 5) is 0. The first-order valence-electron chi connectivity index (χ1n) is 5.50. The number of halogens is 1. The van der Waals surface area contributed by atoms with E-state index in [9.17, 15) is 0 Å². The van der Waals surface area contributed by atoms with Gasteiger partial charge in [0.15, 0.2) is 0 Å². The van der Waals surface area contributed by atoms with Gasteiger partial charge in [-0.05, 0) is 37.5 Å². The van der Waals surface area contributed by atoms with Gasteiger partial charge in [-0.1, -0.05) is 17.7 Å². The molecule has 0 aliphatic heterocycles. The van der Waals surface area contributed by atoms with Crippen molar-refractivity contribution in [2.75, 3.05) is 18.4 Å². The molecule has 2 N–H and O–H groups in total. The lowest BCUT2D eigenvalue weighted by atomic mass is 10.2. The van der Waals surface area contributed by atoms with E-state index in [0.29, 0.717) is 0 Å². The number of anilines is 1. The zero-order valence-electron chi connectivity index (χ0n) is 9.02. The zero-order chi connectivity index (χ0) is 10.7. The number of rotatable bonds is 5. The van der Waals surface area contributed by atoms with Crippen molar-refractivity contribution in [3.63, 3.8) is 0 Å². The Kier molecular flexibility index (Phi) is 3.49. The van der Waals surface area contributed by atoms with Crippen LogP contribution in [0, 0.1) is 6.92 Å². The summed E-state index contributed by atoms with van der Waals surface area (Å²) in [6.45, 7) is 4.02. The first-order valence-corrected chi connectivity index (χ1v) is 5.87. The van der Waals surface area contributed by atoms with Gasteiger partial charge in [-0.3, -0.25) is 0 Å². The molecule has 1 aliphatic carbocycles. The maximum atomic E-state index is 6.03. The maximum Gasteiger partial charge on any atom is 0.0455 e. The first kappa shape index (κ1) is 10.8. The Morgan fingerprint density at radius 3 is 2.87 bits per heavy atom. The minimum atomic E-state index is 0.784. The number of benzene rings is 1. The van der Waals surface area contributed by atoms with E-state index < -0.39 is 0 Å². The van der Waals surface area contributed by atoms with Gasteiger partial charge < -0.3 is 10.6 Å². The summed E-state index contributed by atoms with van der Waals surface area (Å²) in [5.41, 5.74) is 2.27. The summed E-state index contributed by atoms with van der Waals surface area (Å²) in [5, 5.41) is 7.68. The topological polar surface area (TPSA) is 24.1 Å². The third-order valence-corrected chi connectivity index (χ3v) is 3.13. The fraction of sp³-hybridized carbons (Fsp3) is 0.500. The molecule has 2 rings (SSSR count). The normalized spacial score (nSPS) is 15.3. The van der Waals surface area contributed by atoms with Crippen molar-refractivity contribution in [3.8, 4) is 0 Å². The summed E-state index contributed by atoms with van der Waals surface area (Å²) >= 11 is 6.03. The van der Waals surface area contributed by atoms with E-state index in [-0.39, 0.29) is 0 Å². The van der Waals surface area contributed by atoms with E-state index in [1.165, 1.54) is 12.8 Å². The Labute approximate surface area is 96.0 Å². The standard InChI is InChI=1S/C12H17ClN2/c1-9-11(13)3-2-4-12(9)15-8-7-14-10-5-6-10/h2-4,10,14-15H,5-8H2,1H3. The zero-order valence-corrected chi connectivity index (χ0v) is 9.77. The van der Waals surface area contributed by atoms with E-state index >= 15 is 0 Å². The average molecular weight is 225 g/mol. The van der Waals surface area contributed by atoms with Gasteiger partial charge in [0.2, 0.25) is 0 Å². The van der Waals surface area contributed by atoms with E-state index in [0.717, 1.165) is 35.4 Å². The van der Waals surface area contributed by atoms with Crippen LogP contribution in [-0.4, -0.2) is 19.1 Å². The molecule has 0 unspecified atom stereocenters. The van der Waals surface area contributed by atoms with Gasteiger partial charge in [-0.15, -0.1) is 0 Å². The van der Waals surface area contributed by atoms with E-state index in [2.05, 4.69) is 16.7 Å². The van der Waals surface area contributed by atoms with Crippen LogP contribution >= 0.6 is 11.6 Å². The second kappa shape index (κ2) is 4.86. The Morgan fingerprint density at radius 1 is 1.33 bits per heavy atom. The van der Waals surface area contributed by atoms with Crippen LogP contribution in [0.25, 0.3) is 0 Å². The van der Waals surface area contributed by atoms with Gasteiger partial charge in [-0.25, -0.2) is 0 Å². The molecule has 0 saturated heterocycles. The minimum Gasteiger partial charge on any atom is -0.384 e. The van der Waals surface area contributed by atoms with Crippen molar-refractivity contribution in [2.45, 2.75) is 25.8 Å². The van der Waals surface area contributed by atoms with Crippen LogP contribution in [0.5, 0.6) is 0 Å². The van der Waals surface area contributed by atoms with Gasteiger partial charge in [0.05, 0.1) is 0 Å². The summed E-state index contributed by atoms with van der Waals surface area (Å²) < 4.78 is 0. The Balaban J connectivity index is 1.78. The quantitative estimate of drug-likeness (QED) is 0.752. The van der Waals surface area contributed by atoms with Gasteiger partial charge >= 0.3 is 0 Å². The van der Waals surface area contributed by atoms with Crippen LogP contribution in [0.2, 0.25) is 5.02 Å². The van der Waals surface area contributed by atoms with Gasteiger partial charge in [0, 0.05) is 29.8 Å². The summed E-state index contributed by atoms with van der Waals surface area (Å²) in [5.74, 6) is 0. The van der Waals surface area contributed by atoms with Crippen molar-refractivity contribution in [3.05, 3.63) is 28.8 Å². The number of hydrogen-bond acceptors (Lipinski definition) is 2. The molecule has 0 radical (unpaired) electrons. The van der Waals surface area contributed by atoms with E-state index in [1.807, 2.05) is 19.1 Å². The molecule has 1 aromatic rings. The lowest BCUT2D eigenvalue weighted by Gasteiger charge is -2.10. The molecule has 82 valence electrons. The molecule has 0 amide bonds. The highest BCUT2D eigenvalue weighted by molar-refractivity contribution is 6.31. The number of hydrogen-bond donors (Lipinski definition) is 2. The van der Waals surface area contributed by atoms with Crippen LogP contribution in [0.1, 0.15) is 18.4 Å². The lowest BCUT2D eigenvalue weighted by Crippen LogP contribution is -2.24. The molecule has 0 aromatic heterocycles. The summed E-state index contributed by atoms with van der Waals surface area (Å²) in [6.07, 6.45) is 2.69. The van der Waals surface area contributed by atoms with Crippen LogP contribution in [0.4, 0.5) is 5.69 Å². The summed E-state index contributed by atoms with van der Waals surface area (Å²) in [7, 11) is 0. The highest BCUT2D eigenvalue weighted by Crippen LogP contribution is 2.22. The molecule has 1 fully saturated rings. The molecule has 3 heteroatoms. The van der Waals surface area contributed by atoms with Gasteiger partial charge in [-0.2, -0.15) is 0 Å². The van der Waals surface area contributed by atoms with Crippen LogP contribution in [0.15, 0.2) is 18.2 Å². The van der Waals surface area contributed by atoms with Crippen molar-refractivity contribution in [1.29, 1.82) is 0 Å². The lowest BCUT2D eigenvalue weighted by molar-refractivity contribution is 0.701. The predicted octanol–water partition coefficient (Wildman–Crippen LogP) is 2.81. The highest BCUT2D eigenvalue weighted by Gasteiger charge is 2.19. The molecule has 1 aromatic carbocycles. The van der Waals surface area contributed by atoms with Crippen molar-refractivity contribution in [2.24, 2.45) is 0 Å². The van der Waals surface area contributed by atoms with Crippen LogP contribution < -0.4 is 10.6 Å². The fourth-order valence-electron chi connectivity index (χ4n) is 1.56. The third-order valence-electron chi connectivity index (χ3n) is 2.72. The van der Waals surface area contributed by atoms with Crippen molar-refractivity contribution < 1.29 is 0 Å². The molecule has 15 heavy (non-hydrogen) atoms. The van der Waals surface area contributed by atoms with E-state index in [1.54, 1.807) is 0 Å². The van der Waals surface area contributed by atoms with Gasteiger partial charge in [0.1, 0.15) is 0 Å². The average Bonchev–Trinajstić information content (AvgIpc) is 3.02. The fourth-order valence-corrected chi connectivity index (χ4v) is 1.73. The monoisotopic (exact) mass is 224 g/mol. The Hall–Kier alpha value is -0.730. The molecule has 0 bridgehead atoms. The van der Waals surface area contributed by atoms with E-state index in [4.69, 9.17) is 11.6 Å². The largest absolute Gasteiger partial charge is 0.384 e. The molecule has 1 aliphatic rings. The smallest absolute Gasteiger partial charge is 0.0455 e. The molecule has 2 nitrogen and oxygen atoms in total. The second-order valence-corrected chi connectivity index (χ2v) is 4.47. The molecule has 0 atom stereocenters. The molecule has 1 saturated carbocycles. The molecular formula is C12H17ClN2. The predicted molar refractivity (Wildman–Crippen MR) is 65.7 cm³/mol. The second-order valence-electron chi connectivity index (χ2n) is 4.07. The van der Waals surface area contributed by atoms with Crippen molar-refractivity contribution >= 4 is 17.3 Å². The third kappa shape index (κ3) is 3.11. The molecule has 0 spiro atoms. The minimum absolute atomic E-state index is 0.784. The first-order chi connectivity index (χ1) is 7.27. The Morgan fingerprint density at radius 2 is 2.13 bits per heavy atom. The molecule has 0 heterocycles. The summed E-state index contributed by atoms with van der Waals surface area (Å²) in [6, 6.07) is 6.75. The Bertz CT molecular complexity index is 334.